The SMILES string of the molecule is Cc1oc2c(c1C(=O)NC[C@@H]1C[C@H]3CC[C@@H](C1)N3CC(=O)NC(C)(C)CO)CCCC2. The number of rotatable bonds is 7. The van der Waals surface area contributed by atoms with Gasteiger partial charge in [0.05, 0.1) is 24.3 Å². The van der Waals surface area contributed by atoms with Crippen LogP contribution < -0.4 is 10.6 Å². The second kappa shape index (κ2) is 8.94. The van der Waals surface area contributed by atoms with Crippen LogP contribution in [0.25, 0.3) is 0 Å². The van der Waals surface area contributed by atoms with Crippen LogP contribution in [0.2, 0.25) is 0 Å². The normalized spacial score (nSPS) is 25.9. The summed E-state index contributed by atoms with van der Waals surface area (Å²) in [5.74, 6) is 2.17. The van der Waals surface area contributed by atoms with Gasteiger partial charge in [-0.15, -0.1) is 0 Å². The highest BCUT2D eigenvalue weighted by atomic mass is 16.3. The number of aliphatic hydroxyl groups excluding tert-OH is 1. The molecule has 3 atom stereocenters. The molecule has 3 heterocycles. The Bertz CT molecular complexity index is 817. The second-order valence-electron chi connectivity index (χ2n) is 10.3. The Hall–Kier alpha value is -1.86. The van der Waals surface area contributed by atoms with E-state index >= 15 is 0 Å². The van der Waals surface area contributed by atoms with Gasteiger partial charge >= 0.3 is 0 Å². The highest BCUT2D eigenvalue weighted by Crippen LogP contribution is 2.38. The average molecular weight is 432 g/mol. The molecule has 3 aliphatic rings. The third-order valence-electron chi connectivity index (χ3n) is 7.31. The summed E-state index contributed by atoms with van der Waals surface area (Å²) in [6, 6.07) is 0.791. The van der Waals surface area contributed by atoms with Crippen LogP contribution in [-0.4, -0.2) is 59.1 Å². The molecule has 4 rings (SSSR count). The molecular weight excluding hydrogens is 394 g/mol. The predicted octanol–water partition coefficient (Wildman–Crippen LogP) is 2.33. The lowest BCUT2D eigenvalue weighted by Crippen LogP contribution is -2.53. The van der Waals surface area contributed by atoms with Crippen molar-refractivity contribution in [1.29, 1.82) is 0 Å². The maximum atomic E-state index is 12.9. The summed E-state index contributed by atoms with van der Waals surface area (Å²) in [7, 11) is 0. The van der Waals surface area contributed by atoms with E-state index in [0.29, 0.717) is 31.1 Å². The summed E-state index contributed by atoms with van der Waals surface area (Å²) < 4.78 is 5.87. The molecular formula is C24H37N3O4. The second-order valence-corrected chi connectivity index (χ2v) is 10.3. The van der Waals surface area contributed by atoms with Gasteiger partial charge in [0.1, 0.15) is 11.5 Å². The number of aliphatic hydroxyl groups is 1. The maximum absolute atomic E-state index is 12.9. The zero-order chi connectivity index (χ0) is 22.2. The van der Waals surface area contributed by atoms with Crippen molar-refractivity contribution in [3.8, 4) is 0 Å². The van der Waals surface area contributed by atoms with Gasteiger partial charge in [0.2, 0.25) is 5.91 Å². The highest BCUT2D eigenvalue weighted by molar-refractivity contribution is 5.97. The number of carbonyl (C=O) groups excluding carboxylic acids is 2. The summed E-state index contributed by atoms with van der Waals surface area (Å²) in [6.07, 6.45) is 8.38. The minimum atomic E-state index is -0.594. The minimum Gasteiger partial charge on any atom is -0.465 e. The summed E-state index contributed by atoms with van der Waals surface area (Å²) in [5.41, 5.74) is 1.29. The summed E-state index contributed by atoms with van der Waals surface area (Å²) in [6.45, 7) is 6.54. The number of hydrogen-bond acceptors (Lipinski definition) is 5. The van der Waals surface area contributed by atoms with Gasteiger partial charge < -0.3 is 20.2 Å². The number of fused-ring (bicyclic) bond motifs is 3. The van der Waals surface area contributed by atoms with Gasteiger partial charge in [-0.25, -0.2) is 0 Å². The molecule has 3 N–H and O–H groups in total. The number of amides is 2. The van der Waals surface area contributed by atoms with Crippen molar-refractivity contribution in [3.63, 3.8) is 0 Å². The lowest BCUT2D eigenvalue weighted by atomic mass is 9.90. The van der Waals surface area contributed by atoms with Crippen LogP contribution in [-0.2, 0) is 17.6 Å². The van der Waals surface area contributed by atoms with Crippen molar-refractivity contribution in [3.05, 3.63) is 22.6 Å². The average Bonchev–Trinajstić information content (AvgIpc) is 3.16. The van der Waals surface area contributed by atoms with Gasteiger partial charge in [0, 0.05) is 30.6 Å². The number of furan rings is 1. The predicted molar refractivity (Wildman–Crippen MR) is 118 cm³/mol. The van der Waals surface area contributed by atoms with Crippen molar-refractivity contribution >= 4 is 11.8 Å². The minimum absolute atomic E-state index is 0.00443. The van der Waals surface area contributed by atoms with Crippen LogP contribution in [0.5, 0.6) is 0 Å². The molecule has 2 aliphatic heterocycles. The Labute approximate surface area is 184 Å². The molecule has 1 aromatic rings. The molecule has 1 aromatic heterocycles. The number of hydrogen-bond donors (Lipinski definition) is 3. The summed E-state index contributed by atoms with van der Waals surface area (Å²) >= 11 is 0. The van der Waals surface area contributed by atoms with E-state index in [1.807, 2.05) is 20.8 Å². The molecule has 2 bridgehead atoms. The van der Waals surface area contributed by atoms with Gasteiger partial charge in [0.25, 0.3) is 5.91 Å². The Morgan fingerprint density at radius 2 is 1.84 bits per heavy atom. The van der Waals surface area contributed by atoms with Crippen molar-refractivity contribution in [2.24, 2.45) is 5.92 Å². The van der Waals surface area contributed by atoms with E-state index in [1.54, 1.807) is 0 Å². The zero-order valence-corrected chi connectivity index (χ0v) is 19.1. The van der Waals surface area contributed by atoms with Crippen molar-refractivity contribution in [2.45, 2.75) is 89.8 Å². The summed E-state index contributed by atoms with van der Waals surface area (Å²) in [5, 5.41) is 15.5. The van der Waals surface area contributed by atoms with Gasteiger partial charge in [-0.3, -0.25) is 14.5 Å². The van der Waals surface area contributed by atoms with Gasteiger partial charge in [-0.2, -0.15) is 0 Å². The molecule has 0 spiro atoms. The molecule has 0 unspecified atom stereocenters. The van der Waals surface area contributed by atoms with E-state index in [4.69, 9.17) is 4.42 Å². The molecule has 31 heavy (non-hydrogen) atoms. The molecule has 0 saturated carbocycles. The number of nitrogens with one attached hydrogen (secondary N) is 2. The third kappa shape index (κ3) is 4.82. The maximum Gasteiger partial charge on any atom is 0.255 e. The van der Waals surface area contributed by atoms with Crippen molar-refractivity contribution in [2.75, 3.05) is 19.7 Å². The lowest BCUT2D eigenvalue weighted by molar-refractivity contribution is -0.125. The van der Waals surface area contributed by atoms with Crippen molar-refractivity contribution in [1.82, 2.24) is 15.5 Å². The number of carbonyl (C=O) groups is 2. The first-order valence-electron chi connectivity index (χ1n) is 11.8. The van der Waals surface area contributed by atoms with E-state index in [2.05, 4.69) is 15.5 Å². The Balaban J connectivity index is 1.30. The molecule has 2 fully saturated rings. The van der Waals surface area contributed by atoms with E-state index in [9.17, 15) is 14.7 Å². The first kappa shape index (κ1) is 22.3. The van der Waals surface area contributed by atoms with Crippen LogP contribution in [0.1, 0.15) is 79.8 Å². The van der Waals surface area contributed by atoms with E-state index in [1.165, 1.54) is 0 Å². The van der Waals surface area contributed by atoms with E-state index in [0.717, 1.165) is 74.0 Å². The zero-order valence-electron chi connectivity index (χ0n) is 19.1. The largest absolute Gasteiger partial charge is 0.465 e. The van der Waals surface area contributed by atoms with E-state index < -0.39 is 5.54 Å². The highest BCUT2D eigenvalue weighted by Gasteiger charge is 2.41. The quantitative estimate of drug-likeness (QED) is 0.616. The fourth-order valence-corrected chi connectivity index (χ4v) is 5.76. The molecule has 172 valence electrons. The van der Waals surface area contributed by atoms with E-state index in [-0.39, 0.29) is 18.4 Å². The molecule has 2 saturated heterocycles. The molecule has 2 amide bonds. The Morgan fingerprint density at radius 3 is 2.52 bits per heavy atom. The van der Waals surface area contributed by atoms with Crippen LogP contribution >= 0.6 is 0 Å². The van der Waals surface area contributed by atoms with Gasteiger partial charge in [0.15, 0.2) is 0 Å². The molecule has 7 nitrogen and oxygen atoms in total. The van der Waals surface area contributed by atoms with Crippen LogP contribution in [0, 0.1) is 12.8 Å². The standard InChI is InChI=1S/C24H37N3O4/c1-15-22(19-6-4-5-7-20(19)31-15)23(30)25-12-16-10-17-8-9-18(11-16)27(17)13-21(29)26-24(2,3)14-28/h16-18,28H,4-14H2,1-3H3,(H,25,30)(H,26,29)/t16-,17-,18+. The lowest BCUT2D eigenvalue weighted by Gasteiger charge is -2.39. The van der Waals surface area contributed by atoms with Gasteiger partial charge in [-0.1, -0.05) is 0 Å². The first-order chi connectivity index (χ1) is 14.8. The molecule has 7 heteroatoms. The molecule has 1 aliphatic carbocycles. The third-order valence-corrected chi connectivity index (χ3v) is 7.31. The van der Waals surface area contributed by atoms with Crippen molar-refractivity contribution < 1.29 is 19.1 Å². The first-order valence-corrected chi connectivity index (χ1v) is 11.8. The fraction of sp³-hybridized carbons (Fsp3) is 0.750. The monoisotopic (exact) mass is 431 g/mol. The topological polar surface area (TPSA) is 94.8 Å². The number of nitrogens with zero attached hydrogens (tertiary/aromatic N) is 1. The van der Waals surface area contributed by atoms with Crippen LogP contribution in [0.3, 0.4) is 0 Å². The molecule has 0 aromatic carbocycles. The fourth-order valence-electron chi connectivity index (χ4n) is 5.76. The Kier molecular flexibility index (Phi) is 6.44. The number of piperidine rings is 1. The van der Waals surface area contributed by atoms with Gasteiger partial charge in [-0.05, 0) is 71.6 Å². The smallest absolute Gasteiger partial charge is 0.255 e. The van der Waals surface area contributed by atoms with Crippen LogP contribution in [0.15, 0.2) is 4.42 Å². The van der Waals surface area contributed by atoms with Crippen LogP contribution in [0.4, 0.5) is 0 Å². The summed E-state index contributed by atoms with van der Waals surface area (Å²) in [4.78, 5) is 27.7. The number of aryl methyl sites for hydroxylation is 2. The molecule has 0 radical (unpaired) electrons. The Morgan fingerprint density at radius 1 is 1.16 bits per heavy atom.